The van der Waals surface area contributed by atoms with Crippen molar-refractivity contribution < 1.29 is 0 Å². The van der Waals surface area contributed by atoms with E-state index in [1.807, 2.05) is 50.4 Å². The quantitative estimate of drug-likeness (QED) is 0.761. The van der Waals surface area contributed by atoms with Crippen LogP contribution < -0.4 is 0 Å². The van der Waals surface area contributed by atoms with Crippen molar-refractivity contribution in [2.24, 2.45) is 0 Å². The van der Waals surface area contributed by atoms with Crippen LogP contribution in [0.15, 0.2) is 42.6 Å². The number of benzene rings is 1. The summed E-state index contributed by atoms with van der Waals surface area (Å²) in [5.74, 6) is 0. The van der Waals surface area contributed by atoms with Crippen LogP contribution in [-0.2, 0) is 0 Å². The minimum atomic E-state index is 0.700. The second kappa shape index (κ2) is 4.71. The minimum absolute atomic E-state index is 0.700. The van der Waals surface area contributed by atoms with Gasteiger partial charge in [0.05, 0.1) is 11.6 Å². The van der Waals surface area contributed by atoms with Gasteiger partial charge < -0.3 is 4.57 Å². The van der Waals surface area contributed by atoms with Gasteiger partial charge >= 0.3 is 0 Å². The molecule has 0 saturated heterocycles. The molecule has 84 valence electrons. The Morgan fingerprint density at radius 2 is 2.12 bits per heavy atom. The van der Waals surface area contributed by atoms with E-state index in [-0.39, 0.29) is 0 Å². The van der Waals surface area contributed by atoms with Crippen LogP contribution in [0.5, 0.6) is 0 Å². The summed E-state index contributed by atoms with van der Waals surface area (Å²) in [5.41, 5.74) is 4.06. The molecule has 2 nitrogen and oxygen atoms in total. The molecule has 0 amide bonds. The fourth-order valence-corrected chi connectivity index (χ4v) is 1.92. The van der Waals surface area contributed by atoms with Gasteiger partial charge in [-0.05, 0) is 55.8 Å². The van der Waals surface area contributed by atoms with Crippen LogP contribution in [0.1, 0.15) is 23.7 Å². The molecule has 17 heavy (non-hydrogen) atoms. The maximum atomic E-state index is 8.85. The zero-order chi connectivity index (χ0) is 12.3. The first kappa shape index (κ1) is 11.2. The second-order valence-corrected chi connectivity index (χ2v) is 3.92. The molecule has 1 heterocycles. The molecule has 2 heteroatoms. The summed E-state index contributed by atoms with van der Waals surface area (Å²) in [6, 6.07) is 12.0. The lowest BCUT2D eigenvalue weighted by Crippen LogP contribution is -1.97. The first-order valence-corrected chi connectivity index (χ1v) is 5.57. The summed E-state index contributed by atoms with van der Waals surface area (Å²) in [7, 11) is 0. The largest absolute Gasteiger partial charge is 0.317 e. The standard InChI is InChI=1S/C15H14N2/c1-3-5-14-6-4-9-17(14)15-8-7-13(11-16)10-12(15)2/h3-10H,1-2H3/b5-3+. The Hall–Kier alpha value is -2.27. The number of aryl methyl sites for hydroxylation is 1. The van der Waals surface area contributed by atoms with Crippen molar-refractivity contribution >= 4 is 6.08 Å². The van der Waals surface area contributed by atoms with Crippen LogP contribution in [-0.4, -0.2) is 4.57 Å². The highest BCUT2D eigenvalue weighted by atomic mass is 15.0. The average Bonchev–Trinajstić information content (AvgIpc) is 2.77. The van der Waals surface area contributed by atoms with Gasteiger partial charge in [0, 0.05) is 17.6 Å². The van der Waals surface area contributed by atoms with Crippen LogP contribution in [0.2, 0.25) is 0 Å². The zero-order valence-electron chi connectivity index (χ0n) is 10.0. The van der Waals surface area contributed by atoms with Crippen LogP contribution in [0, 0.1) is 18.3 Å². The monoisotopic (exact) mass is 222 g/mol. The maximum absolute atomic E-state index is 8.85. The molecule has 2 aromatic rings. The number of aromatic nitrogens is 1. The van der Waals surface area contributed by atoms with Gasteiger partial charge in [-0.2, -0.15) is 5.26 Å². The Bertz CT molecular complexity index is 598. The molecule has 1 aromatic carbocycles. The van der Waals surface area contributed by atoms with E-state index < -0.39 is 0 Å². The molecule has 1 aromatic heterocycles. The van der Waals surface area contributed by atoms with Gasteiger partial charge in [0.25, 0.3) is 0 Å². The van der Waals surface area contributed by atoms with Gasteiger partial charge in [0.1, 0.15) is 0 Å². The molecule has 0 radical (unpaired) electrons. The van der Waals surface area contributed by atoms with E-state index >= 15 is 0 Å². The highest BCUT2D eigenvalue weighted by Crippen LogP contribution is 2.19. The highest BCUT2D eigenvalue weighted by Gasteiger charge is 2.04. The van der Waals surface area contributed by atoms with Crippen molar-refractivity contribution in [2.75, 3.05) is 0 Å². The Balaban J connectivity index is 2.54. The number of allylic oxidation sites excluding steroid dienone is 1. The predicted molar refractivity (Wildman–Crippen MR) is 69.9 cm³/mol. The van der Waals surface area contributed by atoms with Crippen molar-refractivity contribution in [2.45, 2.75) is 13.8 Å². The average molecular weight is 222 g/mol. The van der Waals surface area contributed by atoms with Crippen molar-refractivity contribution in [3.05, 3.63) is 59.4 Å². The molecule has 2 rings (SSSR count). The second-order valence-electron chi connectivity index (χ2n) is 3.92. The van der Waals surface area contributed by atoms with E-state index in [1.165, 1.54) is 0 Å². The molecule has 0 unspecified atom stereocenters. The lowest BCUT2D eigenvalue weighted by Gasteiger charge is -2.10. The van der Waals surface area contributed by atoms with Gasteiger partial charge in [0.2, 0.25) is 0 Å². The number of nitriles is 1. The van der Waals surface area contributed by atoms with Crippen molar-refractivity contribution in [3.63, 3.8) is 0 Å². The Morgan fingerprint density at radius 3 is 2.76 bits per heavy atom. The number of nitrogens with zero attached hydrogens (tertiary/aromatic N) is 2. The van der Waals surface area contributed by atoms with Crippen LogP contribution in [0.4, 0.5) is 0 Å². The fourth-order valence-electron chi connectivity index (χ4n) is 1.92. The Morgan fingerprint density at radius 1 is 1.29 bits per heavy atom. The molecular weight excluding hydrogens is 208 g/mol. The van der Waals surface area contributed by atoms with Gasteiger partial charge in [-0.1, -0.05) is 6.08 Å². The van der Waals surface area contributed by atoms with Crippen molar-refractivity contribution in [1.29, 1.82) is 5.26 Å². The molecule has 0 aliphatic heterocycles. The van der Waals surface area contributed by atoms with E-state index in [4.69, 9.17) is 5.26 Å². The third-order valence-corrected chi connectivity index (χ3v) is 2.70. The van der Waals surface area contributed by atoms with Gasteiger partial charge in [-0.25, -0.2) is 0 Å². The lowest BCUT2D eigenvalue weighted by molar-refractivity contribution is 1.04. The Kier molecular flexibility index (Phi) is 3.11. The van der Waals surface area contributed by atoms with Crippen molar-refractivity contribution in [3.8, 4) is 11.8 Å². The first-order chi connectivity index (χ1) is 8.26. The smallest absolute Gasteiger partial charge is 0.0991 e. The third-order valence-electron chi connectivity index (χ3n) is 2.70. The normalized spacial score (nSPS) is 10.6. The topological polar surface area (TPSA) is 28.7 Å². The van der Waals surface area contributed by atoms with Gasteiger partial charge in [-0.3, -0.25) is 0 Å². The summed E-state index contributed by atoms with van der Waals surface area (Å²) >= 11 is 0. The SMILES string of the molecule is C/C=C/c1cccn1-c1ccc(C#N)cc1C. The molecular formula is C15H14N2. The molecule has 0 aliphatic carbocycles. The third kappa shape index (κ3) is 2.14. The van der Waals surface area contributed by atoms with E-state index in [0.717, 1.165) is 16.9 Å². The summed E-state index contributed by atoms with van der Waals surface area (Å²) in [6.45, 7) is 4.03. The minimum Gasteiger partial charge on any atom is -0.317 e. The maximum Gasteiger partial charge on any atom is 0.0991 e. The molecule has 0 aliphatic rings. The van der Waals surface area contributed by atoms with E-state index in [2.05, 4.69) is 22.8 Å². The number of hydrogen-bond acceptors (Lipinski definition) is 1. The van der Waals surface area contributed by atoms with Gasteiger partial charge in [0.15, 0.2) is 0 Å². The summed E-state index contributed by atoms with van der Waals surface area (Å²) < 4.78 is 2.12. The van der Waals surface area contributed by atoms with E-state index in [1.54, 1.807) is 0 Å². The number of rotatable bonds is 2. The summed E-state index contributed by atoms with van der Waals surface area (Å²) in [4.78, 5) is 0. The van der Waals surface area contributed by atoms with Crippen LogP contribution >= 0.6 is 0 Å². The van der Waals surface area contributed by atoms with Crippen LogP contribution in [0.25, 0.3) is 11.8 Å². The predicted octanol–water partition coefficient (Wildman–Crippen LogP) is 3.69. The van der Waals surface area contributed by atoms with Crippen molar-refractivity contribution in [1.82, 2.24) is 4.57 Å². The molecule has 0 saturated carbocycles. The highest BCUT2D eigenvalue weighted by molar-refractivity contribution is 5.53. The fraction of sp³-hybridized carbons (Fsp3) is 0.133. The molecule has 0 spiro atoms. The van der Waals surface area contributed by atoms with E-state index in [9.17, 15) is 0 Å². The van der Waals surface area contributed by atoms with E-state index in [0.29, 0.717) is 5.56 Å². The first-order valence-electron chi connectivity index (χ1n) is 5.57. The summed E-state index contributed by atoms with van der Waals surface area (Å²) in [6.07, 6.45) is 6.12. The summed E-state index contributed by atoms with van der Waals surface area (Å²) in [5, 5.41) is 8.85. The zero-order valence-corrected chi connectivity index (χ0v) is 10.0. The van der Waals surface area contributed by atoms with Gasteiger partial charge in [-0.15, -0.1) is 0 Å². The molecule has 0 N–H and O–H groups in total. The molecule has 0 bridgehead atoms. The Labute approximate surface area is 101 Å². The van der Waals surface area contributed by atoms with Crippen LogP contribution in [0.3, 0.4) is 0 Å². The number of hydrogen-bond donors (Lipinski definition) is 0. The molecule has 0 fully saturated rings. The molecule has 0 atom stereocenters. The lowest BCUT2D eigenvalue weighted by atomic mass is 10.1.